The van der Waals surface area contributed by atoms with E-state index in [0.717, 1.165) is 19.3 Å². The number of alkyl halides is 1. The molecule has 0 aromatic carbocycles. The van der Waals surface area contributed by atoms with E-state index in [9.17, 15) is 4.39 Å². The van der Waals surface area contributed by atoms with E-state index in [1.807, 2.05) is 0 Å². The minimum atomic E-state index is -1.85. The number of hydrogen-bond donors (Lipinski definition) is 0. The normalized spacial score (nSPS) is 47.0. The summed E-state index contributed by atoms with van der Waals surface area (Å²) in [5.41, 5.74) is -0.718. The maximum atomic E-state index is 13.9. The van der Waals surface area contributed by atoms with Gasteiger partial charge in [-0.05, 0) is 0 Å². The second-order valence-corrected chi connectivity index (χ2v) is 21.7. The number of halogens is 1. The van der Waals surface area contributed by atoms with Crippen molar-refractivity contribution in [1.82, 2.24) is 0 Å². The molecule has 0 nitrogen and oxygen atoms in total. The van der Waals surface area contributed by atoms with E-state index in [2.05, 4.69) is 14.8 Å². The minimum absolute atomic E-state index is 0.545. The van der Waals surface area contributed by atoms with Crippen molar-refractivity contribution < 1.29 is 4.39 Å². The second kappa shape index (κ2) is 2.40. The molecule has 0 N–H and O–H groups in total. The molecule has 2 saturated carbocycles. The van der Waals surface area contributed by atoms with Gasteiger partial charge in [0.1, 0.15) is 0 Å². The molecule has 0 unspecified atom stereocenters. The van der Waals surface area contributed by atoms with Crippen LogP contribution in [-0.2, 0) is 0 Å². The molecule has 0 aromatic heterocycles. The van der Waals surface area contributed by atoms with Crippen LogP contribution in [0, 0.1) is 0 Å². The fraction of sp³-hybridized carbons (Fsp3) is 1.00. The Morgan fingerprint density at radius 1 is 1.00 bits per heavy atom. The molecule has 2 aliphatic rings. The third-order valence-electron chi connectivity index (χ3n) is 4.35. The predicted octanol–water partition coefficient (Wildman–Crippen LogP) is 3.75. The molecule has 0 radical (unpaired) electrons. The Labute approximate surface area is 78.8 Å². The maximum absolute atomic E-state index is 13.9. The number of fused-ring (bicyclic) bond motifs is 2. The molecule has 2 rings (SSSR count). The molecule has 0 amide bonds. The van der Waals surface area contributed by atoms with Gasteiger partial charge in [0.05, 0.1) is 0 Å². The Balaban J connectivity index is 2.27. The summed E-state index contributed by atoms with van der Waals surface area (Å²) in [5.74, 6) is 0. The molecule has 0 aromatic rings. The second-order valence-electron chi connectivity index (χ2n) is 5.86. The standard InChI is InChI=1S/C7H10F.3CH3.Sn/c8-7-3-1-6(5-7)2-4-7;;;;/h1-5H2;3*1H3;. The van der Waals surface area contributed by atoms with Crippen molar-refractivity contribution in [3.63, 3.8) is 0 Å². The molecule has 0 saturated heterocycles. The molecular weight excluding hydrogens is 258 g/mol. The van der Waals surface area contributed by atoms with Crippen molar-refractivity contribution in [1.29, 1.82) is 0 Å². The van der Waals surface area contributed by atoms with Crippen LogP contribution in [0.15, 0.2) is 0 Å². The zero-order chi connectivity index (χ0) is 9.04. The van der Waals surface area contributed by atoms with Crippen LogP contribution in [-0.4, -0.2) is 24.0 Å². The van der Waals surface area contributed by atoms with E-state index in [1.165, 1.54) is 12.8 Å². The third-order valence-corrected chi connectivity index (χ3v) is 15.4. The quantitative estimate of drug-likeness (QED) is 0.640. The van der Waals surface area contributed by atoms with Crippen LogP contribution in [0.3, 0.4) is 0 Å². The van der Waals surface area contributed by atoms with Gasteiger partial charge in [0.15, 0.2) is 0 Å². The SMILES string of the molecule is [CH3][Sn]([CH3])([CH3])[C]12CCC(F)(CC1)C2. The first-order chi connectivity index (χ1) is 5.37. The fourth-order valence-corrected chi connectivity index (χ4v) is 10.6. The molecule has 12 heavy (non-hydrogen) atoms. The molecule has 2 fully saturated rings. The van der Waals surface area contributed by atoms with E-state index in [0.29, 0.717) is 3.43 Å². The molecular formula is C10H19FSn. The van der Waals surface area contributed by atoms with Crippen molar-refractivity contribution >= 4 is 18.4 Å². The van der Waals surface area contributed by atoms with Crippen LogP contribution in [0.1, 0.15) is 32.1 Å². The molecule has 0 aliphatic heterocycles. The van der Waals surface area contributed by atoms with E-state index in [4.69, 9.17) is 0 Å². The van der Waals surface area contributed by atoms with Gasteiger partial charge in [0.25, 0.3) is 0 Å². The van der Waals surface area contributed by atoms with Crippen molar-refractivity contribution in [3.8, 4) is 0 Å². The summed E-state index contributed by atoms with van der Waals surface area (Å²) in [6, 6.07) is 0. The Hall–Kier alpha value is 0.729. The van der Waals surface area contributed by atoms with Crippen molar-refractivity contribution in [2.45, 2.75) is 56.0 Å². The van der Waals surface area contributed by atoms with Crippen LogP contribution in [0.2, 0.25) is 18.2 Å². The summed E-state index contributed by atoms with van der Waals surface area (Å²) in [6.45, 7) is 0. The van der Waals surface area contributed by atoms with Gasteiger partial charge >= 0.3 is 78.8 Å². The van der Waals surface area contributed by atoms with Gasteiger partial charge in [-0.1, -0.05) is 0 Å². The molecule has 2 aliphatic carbocycles. The Morgan fingerprint density at radius 2 is 1.50 bits per heavy atom. The van der Waals surface area contributed by atoms with Gasteiger partial charge in [-0.3, -0.25) is 0 Å². The zero-order valence-corrected chi connectivity index (χ0v) is 11.3. The topological polar surface area (TPSA) is 0 Å². The van der Waals surface area contributed by atoms with Crippen LogP contribution in [0.4, 0.5) is 4.39 Å². The van der Waals surface area contributed by atoms with E-state index < -0.39 is 24.0 Å². The van der Waals surface area contributed by atoms with Crippen LogP contribution < -0.4 is 0 Å². The summed E-state index contributed by atoms with van der Waals surface area (Å²) in [7, 11) is 0. The molecule has 70 valence electrons. The Morgan fingerprint density at radius 3 is 1.67 bits per heavy atom. The summed E-state index contributed by atoms with van der Waals surface area (Å²) in [6.07, 6.45) is 5.11. The molecule has 2 heteroatoms. The summed E-state index contributed by atoms with van der Waals surface area (Å²) in [4.78, 5) is 7.43. The Kier molecular flexibility index (Phi) is 1.86. The fourth-order valence-electron chi connectivity index (χ4n) is 3.15. The Bertz CT molecular complexity index is 196. The average molecular weight is 277 g/mol. The number of rotatable bonds is 1. The zero-order valence-electron chi connectivity index (χ0n) is 8.41. The van der Waals surface area contributed by atoms with Gasteiger partial charge in [0.2, 0.25) is 0 Å². The predicted molar refractivity (Wildman–Crippen MR) is 53.0 cm³/mol. The summed E-state index contributed by atoms with van der Waals surface area (Å²) < 4.78 is 14.4. The van der Waals surface area contributed by atoms with Crippen LogP contribution in [0.25, 0.3) is 0 Å². The third kappa shape index (κ3) is 1.15. The van der Waals surface area contributed by atoms with Crippen LogP contribution >= 0.6 is 0 Å². The monoisotopic (exact) mass is 278 g/mol. The average Bonchev–Trinajstić information content (AvgIpc) is 2.40. The first-order valence-corrected chi connectivity index (χ1v) is 15.0. The molecule has 0 spiro atoms. The van der Waals surface area contributed by atoms with Crippen molar-refractivity contribution in [3.05, 3.63) is 0 Å². The van der Waals surface area contributed by atoms with E-state index >= 15 is 0 Å². The first-order valence-electron chi connectivity index (χ1n) is 5.06. The van der Waals surface area contributed by atoms with Gasteiger partial charge in [-0.15, -0.1) is 0 Å². The van der Waals surface area contributed by atoms with Crippen molar-refractivity contribution in [2.75, 3.05) is 0 Å². The summed E-state index contributed by atoms with van der Waals surface area (Å²) in [5, 5.41) is 0. The molecule has 2 bridgehead atoms. The van der Waals surface area contributed by atoms with Crippen LogP contribution in [0.5, 0.6) is 0 Å². The molecule has 0 atom stereocenters. The van der Waals surface area contributed by atoms with Gasteiger partial charge in [0, 0.05) is 0 Å². The van der Waals surface area contributed by atoms with Crippen molar-refractivity contribution in [2.24, 2.45) is 0 Å². The molecule has 0 heterocycles. The van der Waals surface area contributed by atoms with E-state index in [-0.39, 0.29) is 0 Å². The van der Waals surface area contributed by atoms with Gasteiger partial charge in [-0.2, -0.15) is 0 Å². The first kappa shape index (κ1) is 9.29. The summed E-state index contributed by atoms with van der Waals surface area (Å²) >= 11 is -1.85. The van der Waals surface area contributed by atoms with E-state index in [1.54, 1.807) is 0 Å². The number of hydrogen-bond acceptors (Lipinski definition) is 0. The van der Waals surface area contributed by atoms with Gasteiger partial charge in [-0.25, -0.2) is 0 Å². The van der Waals surface area contributed by atoms with Gasteiger partial charge < -0.3 is 0 Å².